The van der Waals surface area contributed by atoms with Crippen molar-refractivity contribution in [1.29, 1.82) is 0 Å². The van der Waals surface area contributed by atoms with Crippen molar-refractivity contribution in [1.82, 2.24) is 5.43 Å². The summed E-state index contributed by atoms with van der Waals surface area (Å²) in [6.45, 7) is 3.50. The summed E-state index contributed by atoms with van der Waals surface area (Å²) in [5.41, 5.74) is 3.27. The maximum atomic E-state index is 11.9. The first-order valence-electron chi connectivity index (χ1n) is 7.01. The molecule has 0 saturated carbocycles. The molecule has 5 nitrogen and oxygen atoms in total. The maximum Gasteiger partial charge on any atom is 0.280 e. The van der Waals surface area contributed by atoms with Crippen LogP contribution in [0, 0.1) is 0 Å². The van der Waals surface area contributed by atoms with Gasteiger partial charge in [-0.25, -0.2) is 5.43 Å². The zero-order valence-corrected chi connectivity index (χ0v) is 13.6. The average Bonchev–Trinajstić information content (AvgIpc) is 3.02. The van der Waals surface area contributed by atoms with Crippen LogP contribution in [0.15, 0.2) is 57.8 Å². The number of hydrogen-bond donors (Lipinski definition) is 1. The third kappa shape index (κ3) is 5.64. The molecule has 0 radical (unpaired) electrons. The summed E-state index contributed by atoms with van der Waals surface area (Å²) in [5.74, 6) is 0.941. The van der Waals surface area contributed by atoms with Crippen LogP contribution in [0.2, 0.25) is 5.02 Å². The predicted octanol–water partition coefficient (Wildman–Crippen LogP) is 3.91. The van der Waals surface area contributed by atoms with Crippen molar-refractivity contribution in [3.8, 4) is 5.75 Å². The lowest BCUT2D eigenvalue weighted by Crippen LogP contribution is -2.33. The Kier molecular flexibility index (Phi) is 6.00. The van der Waals surface area contributed by atoms with Gasteiger partial charge in [-0.3, -0.25) is 4.79 Å². The quantitative estimate of drug-likeness (QED) is 0.644. The Balaban J connectivity index is 1.83. The molecule has 1 N–H and O–H groups in total. The number of nitrogens with one attached hydrogen (secondary N) is 1. The molecule has 2 aromatic rings. The number of hydrogen-bond acceptors (Lipinski definition) is 4. The van der Waals surface area contributed by atoms with E-state index in [0.29, 0.717) is 10.8 Å². The molecule has 1 atom stereocenters. The van der Waals surface area contributed by atoms with Gasteiger partial charge in [0, 0.05) is 5.02 Å². The smallest absolute Gasteiger partial charge is 0.280 e. The lowest BCUT2D eigenvalue weighted by molar-refractivity contribution is -0.127. The minimum absolute atomic E-state index is 0.345. The van der Waals surface area contributed by atoms with Crippen LogP contribution < -0.4 is 10.2 Å². The minimum atomic E-state index is -0.678. The van der Waals surface area contributed by atoms with E-state index in [4.69, 9.17) is 20.8 Å². The number of nitrogens with zero attached hydrogens (tertiary/aromatic N) is 1. The lowest BCUT2D eigenvalue weighted by atomic mass is 10.3. The highest BCUT2D eigenvalue weighted by Gasteiger charge is 2.13. The van der Waals surface area contributed by atoms with Gasteiger partial charge in [0.1, 0.15) is 11.5 Å². The first-order chi connectivity index (χ1) is 11.0. The zero-order valence-electron chi connectivity index (χ0n) is 12.8. The van der Waals surface area contributed by atoms with Crippen molar-refractivity contribution in [3.63, 3.8) is 0 Å². The fourth-order valence-corrected chi connectivity index (χ4v) is 1.82. The van der Waals surface area contributed by atoms with Crippen molar-refractivity contribution in [3.05, 3.63) is 59.0 Å². The Labute approximate surface area is 139 Å². The van der Waals surface area contributed by atoms with Gasteiger partial charge in [-0.15, -0.1) is 0 Å². The van der Waals surface area contributed by atoms with Crippen LogP contribution in [0.3, 0.4) is 0 Å². The van der Waals surface area contributed by atoms with Gasteiger partial charge in [-0.1, -0.05) is 11.6 Å². The second-order valence-corrected chi connectivity index (χ2v) is 5.29. The number of hydrazone groups is 1. The van der Waals surface area contributed by atoms with E-state index in [0.717, 1.165) is 11.3 Å². The molecule has 0 aliphatic carbocycles. The third-order valence-electron chi connectivity index (χ3n) is 2.85. The van der Waals surface area contributed by atoms with Crippen molar-refractivity contribution in [2.45, 2.75) is 20.0 Å². The second kappa shape index (κ2) is 8.19. The summed E-state index contributed by atoms with van der Waals surface area (Å²) in [5, 5.41) is 4.50. The van der Waals surface area contributed by atoms with E-state index in [1.54, 1.807) is 43.5 Å². The first kappa shape index (κ1) is 16.8. The van der Waals surface area contributed by atoms with Gasteiger partial charge >= 0.3 is 0 Å². The van der Waals surface area contributed by atoms with Crippen LogP contribution in [0.5, 0.6) is 5.75 Å². The van der Waals surface area contributed by atoms with E-state index in [2.05, 4.69) is 10.5 Å². The molecule has 2 rings (SSSR count). The van der Waals surface area contributed by atoms with Gasteiger partial charge in [0.15, 0.2) is 6.10 Å². The topological polar surface area (TPSA) is 63.8 Å². The Morgan fingerprint density at radius 2 is 2.09 bits per heavy atom. The van der Waals surface area contributed by atoms with Crippen molar-refractivity contribution in [2.24, 2.45) is 5.10 Å². The molecule has 1 aromatic carbocycles. The Morgan fingerprint density at radius 1 is 1.35 bits per heavy atom. The fourth-order valence-electron chi connectivity index (χ4n) is 1.69. The highest BCUT2D eigenvalue weighted by atomic mass is 35.5. The molecule has 0 aliphatic rings. The largest absolute Gasteiger partial charge is 0.481 e. The first-order valence-corrected chi connectivity index (χ1v) is 7.39. The van der Waals surface area contributed by atoms with Crippen LogP contribution in [0.25, 0.3) is 6.08 Å². The molecule has 0 spiro atoms. The molecule has 0 bridgehead atoms. The molecule has 1 amide bonds. The maximum absolute atomic E-state index is 11.9. The Bertz CT molecular complexity index is 691. The van der Waals surface area contributed by atoms with Crippen molar-refractivity contribution in [2.75, 3.05) is 0 Å². The molecular formula is C17H17ClN2O3. The van der Waals surface area contributed by atoms with Crippen LogP contribution >= 0.6 is 11.6 Å². The summed E-state index contributed by atoms with van der Waals surface area (Å²) < 4.78 is 10.7. The molecule has 0 unspecified atom stereocenters. The predicted molar refractivity (Wildman–Crippen MR) is 90.5 cm³/mol. The van der Waals surface area contributed by atoms with Crippen LogP contribution in [0.1, 0.15) is 19.6 Å². The molecule has 0 fully saturated rings. The normalized spacial score (nSPS) is 13.1. The molecule has 1 heterocycles. The van der Waals surface area contributed by atoms with Crippen molar-refractivity contribution < 1.29 is 13.9 Å². The molecule has 120 valence electrons. The number of benzene rings is 1. The number of amides is 1. The summed E-state index contributed by atoms with van der Waals surface area (Å²) in [7, 11) is 0. The summed E-state index contributed by atoms with van der Waals surface area (Å²) in [6, 6.07) is 10.4. The van der Waals surface area contributed by atoms with Gasteiger partial charge in [0.2, 0.25) is 0 Å². The van der Waals surface area contributed by atoms with Gasteiger partial charge in [-0.05, 0) is 61.9 Å². The second-order valence-electron chi connectivity index (χ2n) is 4.85. The summed E-state index contributed by atoms with van der Waals surface area (Å²) >= 11 is 5.79. The van der Waals surface area contributed by atoms with E-state index in [1.165, 1.54) is 6.21 Å². The van der Waals surface area contributed by atoms with Gasteiger partial charge in [0.25, 0.3) is 5.91 Å². The fraction of sp³-hybridized carbons (Fsp3) is 0.176. The SMILES string of the molecule is C/C(C=NNC(=O)[C@@H](C)Oc1ccc(Cl)cc1)=C/c1ccco1. The van der Waals surface area contributed by atoms with Crippen LogP contribution in [-0.4, -0.2) is 18.2 Å². The number of carbonyl (C=O) groups excluding carboxylic acids is 1. The van der Waals surface area contributed by atoms with Gasteiger partial charge in [0.05, 0.1) is 12.5 Å². The van der Waals surface area contributed by atoms with E-state index in [-0.39, 0.29) is 5.91 Å². The number of furan rings is 1. The van der Waals surface area contributed by atoms with Gasteiger partial charge in [-0.2, -0.15) is 5.10 Å². The molecule has 6 heteroatoms. The monoisotopic (exact) mass is 332 g/mol. The number of allylic oxidation sites excluding steroid dienone is 1. The molecule has 1 aromatic heterocycles. The number of halogens is 1. The number of ether oxygens (including phenoxy) is 1. The number of carbonyl (C=O) groups is 1. The molecular weight excluding hydrogens is 316 g/mol. The minimum Gasteiger partial charge on any atom is -0.481 e. The Hall–Kier alpha value is -2.53. The molecule has 23 heavy (non-hydrogen) atoms. The Morgan fingerprint density at radius 3 is 2.74 bits per heavy atom. The van der Waals surface area contributed by atoms with Gasteiger partial charge < -0.3 is 9.15 Å². The van der Waals surface area contributed by atoms with Crippen molar-refractivity contribution >= 4 is 29.8 Å². The van der Waals surface area contributed by atoms with E-state index in [9.17, 15) is 4.79 Å². The number of rotatable bonds is 6. The van der Waals surface area contributed by atoms with E-state index < -0.39 is 6.10 Å². The average molecular weight is 333 g/mol. The van der Waals surface area contributed by atoms with Crippen LogP contribution in [-0.2, 0) is 4.79 Å². The summed E-state index contributed by atoms with van der Waals surface area (Å²) in [4.78, 5) is 11.9. The molecule has 0 aliphatic heterocycles. The van der Waals surface area contributed by atoms with E-state index in [1.807, 2.05) is 19.1 Å². The van der Waals surface area contributed by atoms with E-state index >= 15 is 0 Å². The summed E-state index contributed by atoms with van der Waals surface area (Å²) in [6.07, 6.45) is 4.26. The highest BCUT2D eigenvalue weighted by Crippen LogP contribution is 2.16. The standard InChI is InChI=1S/C17H17ClN2O3/c1-12(10-16-4-3-9-22-16)11-19-20-17(21)13(2)23-15-7-5-14(18)6-8-15/h3-11,13H,1-2H3,(H,20,21)/b12-10-,19-11?/t13-/m1/s1. The zero-order chi connectivity index (χ0) is 16.7. The van der Waals surface area contributed by atoms with Crippen LogP contribution in [0.4, 0.5) is 0 Å². The highest BCUT2D eigenvalue weighted by molar-refractivity contribution is 6.30. The molecule has 0 saturated heterocycles. The third-order valence-corrected chi connectivity index (χ3v) is 3.10. The lowest BCUT2D eigenvalue weighted by Gasteiger charge is -2.12.